The van der Waals surface area contributed by atoms with Crippen LogP contribution in [0.15, 0.2) is 48.5 Å². The lowest BCUT2D eigenvalue weighted by molar-refractivity contribution is -0.141. The third-order valence-electron chi connectivity index (χ3n) is 3.90. The Labute approximate surface area is 156 Å². The van der Waals surface area contributed by atoms with Gasteiger partial charge in [0.15, 0.2) is 0 Å². The summed E-state index contributed by atoms with van der Waals surface area (Å²) in [5, 5.41) is 5.78. The van der Waals surface area contributed by atoms with Crippen LogP contribution in [0.4, 0.5) is 9.18 Å². The molecule has 0 aliphatic rings. The highest BCUT2D eigenvalue weighted by Crippen LogP contribution is 2.25. The largest absolute Gasteiger partial charge is 0.469 e. The molecule has 0 aromatic heterocycles. The molecule has 2 aromatic rings. The third-order valence-corrected chi connectivity index (χ3v) is 4.25. The van der Waals surface area contributed by atoms with Gasteiger partial charge >= 0.3 is 12.0 Å². The molecule has 2 amide bonds. The van der Waals surface area contributed by atoms with Crippen molar-refractivity contribution < 1.29 is 18.7 Å². The number of ether oxygens (including phenoxy) is 1. The first kappa shape index (κ1) is 19.7. The molecule has 26 heavy (non-hydrogen) atoms. The molecule has 0 saturated heterocycles. The van der Waals surface area contributed by atoms with E-state index >= 15 is 0 Å². The third kappa shape index (κ3) is 5.20. The molecule has 2 atom stereocenters. The number of rotatable bonds is 6. The molecule has 2 N–H and O–H groups in total. The van der Waals surface area contributed by atoms with E-state index < -0.39 is 29.9 Å². The highest BCUT2D eigenvalue weighted by atomic mass is 35.5. The summed E-state index contributed by atoms with van der Waals surface area (Å²) in [6, 6.07) is 11.3. The Balaban J connectivity index is 2.12. The summed E-state index contributed by atoms with van der Waals surface area (Å²) in [6.45, 7) is 1.67. The molecule has 2 aromatic carbocycles. The molecule has 0 saturated carbocycles. The van der Waals surface area contributed by atoms with Crippen LogP contribution in [0.25, 0.3) is 0 Å². The smallest absolute Gasteiger partial charge is 0.315 e. The number of carbonyl (C=O) groups is 2. The molecule has 0 spiro atoms. The van der Waals surface area contributed by atoms with Gasteiger partial charge in [-0.15, -0.1) is 0 Å². The normalized spacial score (nSPS) is 12.8. The monoisotopic (exact) mass is 378 g/mol. The SMILES string of the molecule is COC(=O)C[C@@H](NC(=O)N[C@H](C)c1ccccc1F)c1ccccc1Cl. The lowest BCUT2D eigenvalue weighted by Crippen LogP contribution is -2.40. The number of hydrogen-bond donors (Lipinski definition) is 2. The average Bonchev–Trinajstić information content (AvgIpc) is 2.61. The van der Waals surface area contributed by atoms with E-state index in [1.165, 1.54) is 13.2 Å². The van der Waals surface area contributed by atoms with Gasteiger partial charge in [0.05, 0.1) is 25.6 Å². The molecular formula is C19H20ClFN2O3. The summed E-state index contributed by atoms with van der Waals surface area (Å²) in [7, 11) is 1.27. The minimum atomic E-state index is -0.677. The highest BCUT2D eigenvalue weighted by molar-refractivity contribution is 6.31. The summed E-state index contributed by atoms with van der Waals surface area (Å²) < 4.78 is 18.5. The van der Waals surface area contributed by atoms with Crippen LogP contribution < -0.4 is 10.6 Å². The van der Waals surface area contributed by atoms with Crippen LogP contribution in [0.1, 0.15) is 36.6 Å². The topological polar surface area (TPSA) is 67.4 Å². The van der Waals surface area contributed by atoms with Gasteiger partial charge in [-0.2, -0.15) is 0 Å². The number of methoxy groups -OCH3 is 1. The lowest BCUT2D eigenvalue weighted by Gasteiger charge is -2.22. The van der Waals surface area contributed by atoms with Crippen LogP contribution >= 0.6 is 11.6 Å². The van der Waals surface area contributed by atoms with Crippen molar-refractivity contribution in [2.75, 3.05) is 7.11 Å². The Kier molecular flexibility index (Phi) is 6.97. The van der Waals surface area contributed by atoms with Crippen LogP contribution in [-0.2, 0) is 9.53 Å². The van der Waals surface area contributed by atoms with Crippen molar-refractivity contribution in [2.24, 2.45) is 0 Å². The molecule has 138 valence electrons. The van der Waals surface area contributed by atoms with Gasteiger partial charge in [0, 0.05) is 10.6 Å². The Morgan fingerprint density at radius 1 is 1.08 bits per heavy atom. The highest BCUT2D eigenvalue weighted by Gasteiger charge is 2.22. The number of nitrogens with one attached hydrogen (secondary N) is 2. The standard InChI is InChI=1S/C19H20ClFN2O3/c1-12(13-7-4-6-10-16(13)21)22-19(25)23-17(11-18(24)26-2)14-8-3-5-9-15(14)20/h3-10,12,17H,11H2,1-2H3,(H2,22,23,25)/t12-,17-/m1/s1. The second-order valence-electron chi connectivity index (χ2n) is 5.72. The summed E-state index contributed by atoms with van der Waals surface area (Å²) in [4.78, 5) is 24.1. The van der Waals surface area contributed by atoms with Crippen LogP contribution in [0.5, 0.6) is 0 Å². The van der Waals surface area contributed by atoms with E-state index in [9.17, 15) is 14.0 Å². The van der Waals surface area contributed by atoms with E-state index in [0.29, 0.717) is 16.1 Å². The van der Waals surface area contributed by atoms with Gasteiger partial charge < -0.3 is 15.4 Å². The molecule has 2 rings (SSSR count). The molecule has 0 bridgehead atoms. The molecule has 0 aliphatic carbocycles. The van der Waals surface area contributed by atoms with Gasteiger partial charge in [0.2, 0.25) is 0 Å². The number of hydrogen-bond acceptors (Lipinski definition) is 3. The first-order valence-electron chi connectivity index (χ1n) is 8.05. The van der Waals surface area contributed by atoms with Crippen molar-refractivity contribution >= 4 is 23.6 Å². The second-order valence-corrected chi connectivity index (χ2v) is 6.12. The second kappa shape index (κ2) is 9.20. The summed E-state index contributed by atoms with van der Waals surface area (Å²) >= 11 is 6.18. The summed E-state index contributed by atoms with van der Waals surface area (Å²) in [6.07, 6.45) is -0.0816. The Bertz CT molecular complexity index is 785. The molecule has 7 heteroatoms. The predicted molar refractivity (Wildman–Crippen MR) is 97.3 cm³/mol. The molecule has 0 fully saturated rings. The number of halogens is 2. The number of carbonyl (C=O) groups excluding carboxylic acids is 2. The Hall–Kier alpha value is -2.60. The Morgan fingerprint density at radius 2 is 1.69 bits per heavy atom. The van der Waals surface area contributed by atoms with Crippen LogP contribution in [0.2, 0.25) is 5.02 Å². The molecule has 0 unspecified atom stereocenters. The van der Waals surface area contributed by atoms with E-state index in [4.69, 9.17) is 11.6 Å². The van der Waals surface area contributed by atoms with Gasteiger partial charge in [0.1, 0.15) is 5.82 Å². The van der Waals surface area contributed by atoms with Gasteiger partial charge in [0.25, 0.3) is 0 Å². The van der Waals surface area contributed by atoms with Gasteiger partial charge in [-0.3, -0.25) is 4.79 Å². The molecule has 0 heterocycles. The number of amides is 2. The number of urea groups is 1. The average molecular weight is 379 g/mol. The fraction of sp³-hybridized carbons (Fsp3) is 0.263. The van der Waals surface area contributed by atoms with E-state index in [2.05, 4.69) is 15.4 Å². The van der Waals surface area contributed by atoms with E-state index in [-0.39, 0.29) is 6.42 Å². The fourth-order valence-electron chi connectivity index (χ4n) is 2.55. The zero-order valence-electron chi connectivity index (χ0n) is 14.5. The van der Waals surface area contributed by atoms with Gasteiger partial charge in [-0.25, -0.2) is 9.18 Å². The molecular weight excluding hydrogens is 359 g/mol. The maximum Gasteiger partial charge on any atom is 0.315 e. The maximum atomic E-state index is 13.8. The molecule has 0 aliphatic heterocycles. The first-order valence-corrected chi connectivity index (χ1v) is 8.43. The minimum absolute atomic E-state index is 0.0816. The fourth-order valence-corrected chi connectivity index (χ4v) is 2.81. The summed E-state index contributed by atoms with van der Waals surface area (Å²) in [5.41, 5.74) is 0.957. The van der Waals surface area contributed by atoms with Gasteiger partial charge in [-0.1, -0.05) is 48.0 Å². The zero-order valence-corrected chi connectivity index (χ0v) is 15.2. The van der Waals surface area contributed by atoms with Crippen LogP contribution in [0, 0.1) is 5.82 Å². The number of esters is 1. The predicted octanol–water partition coefficient (Wildman–Crippen LogP) is 4.14. The van der Waals surface area contributed by atoms with Crippen molar-refractivity contribution in [1.29, 1.82) is 0 Å². The lowest BCUT2D eigenvalue weighted by atomic mass is 10.0. The zero-order chi connectivity index (χ0) is 19.1. The van der Waals surface area contributed by atoms with Crippen molar-refractivity contribution in [3.05, 3.63) is 70.5 Å². The minimum Gasteiger partial charge on any atom is -0.469 e. The van der Waals surface area contributed by atoms with E-state index in [0.717, 1.165) is 0 Å². The Morgan fingerprint density at radius 3 is 2.31 bits per heavy atom. The van der Waals surface area contributed by atoms with Crippen molar-refractivity contribution in [2.45, 2.75) is 25.4 Å². The molecule has 5 nitrogen and oxygen atoms in total. The number of benzene rings is 2. The molecule has 0 radical (unpaired) electrons. The van der Waals surface area contributed by atoms with Crippen molar-refractivity contribution in [3.63, 3.8) is 0 Å². The van der Waals surface area contributed by atoms with Crippen LogP contribution in [0.3, 0.4) is 0 Å². The van der Waals surface area contributed by atoms with E-state index in [1.54, 1.807) is 49.4 Å². The maximum absolute atomic E-state index is 13.8. The quantitative estimate of drug-likeness (QED) is 0.742. The summed E-state index contributed by atoms with van der Waals surface area (Å²) in [5.74, 6) is -0.894. The van der Waals surface area contributed by atoms with Crippen molar-refractivity contribution in [1.82, 2.24) is 10.6 Å². The van der Waals surface area contributed by atoms with Crippen LogP contribution in [-0.4, -0.2) is 19.1 Å². The first-order chi connectivity index (χ1) is 12.4. The van der Waals surface area contributed by atoms with E-state index in [1.807, 2.05) is 0 Å². The van der Waals surface area contributed by atoms with Crippen molar-refractivity contribution in [3.8, 4) is 0 Å². The van der Waals surface area contributed by atoms with Gasteiger partial charge in [-0.05, 0) is 24.6 Å².